The van der Waals surface area contributed by atoms with Gasteiger partial charge in [0.05, 0.1) is 5.69 Å². The Morgan fingerprint density at radius 2 is 1.62 bits per heavy atom. The average molecular weight is 224 g/mol. The minimum absolute atomic E-state index is 0.0669. The lowest BCUT2D eigenvalue weighted by Gasteiger charge is -2.13. The van der Waals surface area contributed by atoms with Crippen molar-refractivity contribution in [1.82, 2.24) is 9.97 Å². The van der Waals surface area contributed by atoms with E-state index in [0.29, 0.717) is 0 Å². The summed E-state index contributed by atoms with van der Waals surface area (Å²) in [5, 5.41) is 0. The fourth-order valence-corrected chi connectivity index (χ4v) is 1.73. The van der Waals surface area contributed by atoms with Crippen LogP contribution in [0.4, 0.5) is 0 Å². The average Bonchev–Trinajstić information content (AvgIpc) is 2.34. The van der Waals surface area contributed by atoms with Gasteiger partial charge in [0.2, 0.25) is 0 Å². The zero-order chi connectivity index (χ0) is 12.6. The second kappa shape index (κ2) is 8.08. The summed E-state index contributed by atoms with van der Waals surface area (Å²) in [6.45, 7) is 9.83. The lowest BCUT2D eigenvalue weighted by atomic mass is 9.97. The zero-order valence-corrected chi connectivity index (χ0v) is 11.2. The van der Waals surface area contributed by atoms with Crippen LogP contribution in [0.5, 0.6) is 0 Å². The Morgan fingerprint density at radius 1 is 1.06 bits per heavy atom. The summed E-state index contributed by atoms with van der Waals surface area (Å²) >= 11 is 0. The van der Waals surface area contributed by atoms with E-state index in [1.807, 2.05) is 34.6 Å². The predicted molar refractivity (Wildman–Crippen MR) is 68.9 cm³/mol. The van der Waals surface area contributed by atoms with Gasteiger partial charge < -0.3 is 4.98 Å². The third-order valence-electron chi connectivity index (χ3n) is 2.31. The molecule has 92 valence electrons. The van der Waals surface area contributed by atoms with Crippen molar-refractivity contribution in [1.29, 1.82) is 0 Å². The van der Waals surface area contributed by atoms with Gasteiger partial charge in [-0.1, -0.05) is 27.7 Å². The number of aryl methyl sites for hydroxylation is 2. The largest absolute Gasteiger partial charge is 0.311 e. The number of H-pyrrole nitrogens is 1. The monoisotopic (exact) mass is 224 g/mol. The smallest absolute Gasteiger partial charge is 0.254 e. The molecule has 1 aromatic rings. The maximum Gasteiger partial charge on any atom is 0.254 e. The molecule has 0 amide bonds. The van der Waals surface area contributed by atoms with Crippen molar-refractivity contribution in [2.75, 3.05) is 0 Å². The van der Waals surface area contributed by atoms with E-state index in [-0.39, 0.29) is 5.56 Å². The third-order valence-corrected chi connectivity index (χ3v) is 2.31. The van der Waals surface area contributed by atoms with Gasteiger partial charge in [-0.15, -0.1) is 0 Å². The highest BCUT2D eigenvalue weighted by atomic mass is 16.1. The second-order valence-electron chi connectivity index (χ2n) is 3.28. The Kier molecular flexibility index (Phi) is 7.52. The molecule has 1 heterocycles. The Morgan fingerprint density at radius 3 is 2.25 bits per heavy atom. The van der Waals surface area contributed by atoms with Gasteiger partial charge in [0.25, 0.3) is 5.56 Å². The van der Waals surface area contributed by atoms with Gasteiger partial charge in [-0.2, -0.15) is 0 Å². The minimum atomic E-state index is 0.0669. The fourth-order valence-electron chi connectivity index (χ4n) is 1.73. The summed E-state index contributed by atoms with van der Waals surface area (Å²) < 4.78 is 0. The molecule has 1 aliphatic carbocycles. The van der Waals surface area contributed by atoms with Crippen LogP contribution in [0.15, 0.2) is 4.79 Å². The lowest BCUT2D eigenvalue weighted by molar-refractivity contribution is 0.651. The van der Waals surface area contributed by atoms with Crippen LogP contribution >= 0.6 is 0 Å². The number of hydrogen-bond donors (Lipinski definition) is 1. The quantitative estimate of drug-likeness (QED) is 0.736. The van der Waals surface area contributed by atoms with Crippen molar-refractivity contribution in [2.24, 2.45) is 0 Å². The Labute approximate surface area is 98.3 Å². The van der Waals surface area contributed by atoms with Crippen LogP contribution < -0.4 is 5.56 Å². The summed E-state index contributed by atoms with van der Waals surface area (Å²) in [5.74, 6) is 0.737. The van der Waals surface area contributed by atoms with E-state index in [1.165, 1.54) is 6.42 Å². The maximum atomic E-state index is 11.4. The molecule has 0 aromatic carbocycles. The molecular formula is C13H24N2O. The molecule has 3 nitrogen and oxygen atoms in total. The van der Waals surface area contributed by atoms with E-state index in [9.17, 15) is 4.79 Å². The zero-order valence-electron chi connectivity index (χ0n) is 11.2. The van der Waals surface area contributed by atoms with Crippen molar-refractivity contribution in [3.8, 4) is 0 Å². The Hall–Kier alpha value is -1.12. The highest BCUT2D eigenvalue weighted by Crippen LogP contribution is 2.14. The molecule has 0 atom stereocenters. The lowest BCUT2D eigenvalue weighted by Crippen LogP contribution is -2.21. The summed E-state index contributed by atoms with van der Waals surface area (Å²) in [4.78, 5) is 18.4. The standard InChI is InChI=1S/C9H12N2O.2C2H6/c1-6-10-8-5-3-2-4-7(8)9(12)11-6;2*1-2/h2-5H2,1H3,(H,10,11,12);2*1-2H3. The predicted octanol–water partition coefficient (Wildman–Crippen LogP) is 3.01. The topological polar surface area (TPSA) is 45.8 Å². The van der Waals surface area contributed by atoms with Crippen LogP contribution in [0, 0.1) is 6.92 Å². The van der Waals surface area contributed by atoms with Gasteiger partial charge in [-0.3, -0.25) is 4.79 Å². The van der Waals surface area contributed by atoms with Gasteiger partial charge in [0.1, 0.15) is 5.82 Å². The van der Waals surface area contributed by atoms with E-state index in [1.54, 1.807) is 0 Å². The summed E-state index contributed by atoms with van der Waals surface area (Å²) in [5.41, 5.74) is 1.99. The molecular weight excluding hydrogens is 200 g/mol. The molecule has 0 saturated heterocycles. The van der Waals surface area contributed by atoms with Gasteiger partial charge in [-0.25, -0.2) is 4.98 Å². The van der Waals surface area contributed by atoms with Crippen molar-refractivity contribution in [2.45, 2.75) is 60.3 Å². The normalized spacial score (nSPS) is 12.6. The summed E-state index contributed by atoms with van der Waals surface area (Å²) in [7, 11) is 0. The Balaban J connectivity index is 0.000000509. The van der Waals surface area contributed by atoms with E-state index in [0.717, 1.165) is 36.3 Å². The van der Waals surface area contributed by atoms with Crippen LogP contribution in [0.1, 0.15) is 57.6 Å². The van der Waals surface area contributed by atoms with Crippen LogP contribution in [-0.2, 0) is 12.8 Å². The van der Waals surface area contributed by atoms with E-state index in [2.05, 4.69) is 9.97 Å². The SMILES string of the molecule is CC.CC.Cc1nc2c(c(=O)[nH]1)CCCC2. The van der Waals surface area contributed by atoms with Gasteiger partial charge in [-0.05, 0) is 32.6 Å². The van der Waals surface area contributed by atoms with Gasteiger partial charge in [0, 0.05) is 5.56 Å². The number of aromatic amines is 1. The summed E-state index contributed by atoms with van der Waals surface area (Å²) in [6, 6.07) is 0. The molecule has 0 fully saturated rings. The van der Waals surface area contributed by atoms with E-state index < -0.39 is 0 Å². The highest BCUT2D eigenvalue weighted by Gasteiger charge is 2.13. The van der Waals surface area contributed by atoms with Gasteiger partial charge >= 0.3 is 0 Å². The molecule has 0 spiro atoms. The molecule has 2 rings (SSSR count). The first-order valence-electron chi connectivity index (χ1n) is 6.36. The first kappa shape index (κ1) is 14.9. The number of aromatic nitrogens is 2. The number of nitrogens with one attached hydrogen (secondary N) is 1. The third kappa shape index (κ3) is 3.80. The van der Waals surface area contributed by atoms with Crippen molar-refractivity contribution >= 4 is 0 Å². The molecule has 16 heavy (non-hydrogen) atoms. The highest BCUT2D eigenvalue weighted by molar-refractivity contribution is 5.20. The van der Waals surface area contributed by atoms with Crippen LogP contribution in [0.3, 0.4) is 0 Å². The molecule has 0 unspecified atom stereocenters. The van der Waals surface area contributed by atoms with Gasteiger partial charge in [0.15, 0.2) is 0 Å². The van der Waals surface area contributed by atoms with E-state index >= 15 is 0 Å². The Bertz CT molecular complexity index is 355. The van der Waals surface area contributed by atoms with Crippen molar-refractivity contribution in [3.05, 3.63) is 27.4 Å². The van der Waals surface area contributed by atoms with Crippen LogP contribution in [-0.4, -0.2) is 9.97 Å². The molecule has 0 radical (unpaired) electrons. The van der Waals surface area contributed by atoms with Crippen LogP contribution in [0.2, 0.25) is 0 Å². The number of fused-ring (bicyclic) bond motifs is 1. The summed E-state index contributed by atoms with van der Waals surface area (Å²) in [6.07, 6.45) is 4.17. The molecule has 3 heteroatoms. The molecule has 0 saturated carbocycles. The molecule has 1 aromatic heterocycles. The van der Waals surface area contributed by atoms with Crippen LogP contribution in [0.25, 0.3) is 0 Å². The molecule has 1 aliphatic rings. The second-order valence-corrected chi connectivity index (χ2v) is 3.28. The number of rotatable bonds is 0. The molecule has 0 aliphatic heterocycles. The first-order chi connectivity index (χ1) is 7.77. The minimum Gasteiger partial charge on any atom is -0.311 e. The fraction of sp³-hybridized carbons (Fsp3) is 0.692. The first-order valence-corrected chi connectivity index (χ1v) is 6.36. The number of hydrogen-bond acceptors (Lipinski definition) is 2. The number of nitrogens with zero attached hydrogens (tertiary/aromatic N) is 1. The molecule has 1 N–H and O–H groups in total. The van der Waals surface area contributed by atoms with Crippen molar-refractivity contribution < 1.29 is 0 Å². The van der Waals surface area contributed by atoms with Crippen molar-refractivity contribution in [3.63, 3.8) is 0 Å². The maximum absolute atomic E-state index is 11.4. The molecule has 0 bridgehead atoms. The van der Waals surface area contributed by atoms with E-state index in [4.69, 9.17) is 0 Å².